The first kappa shape index (κ1) is 13.4. The molecule has 18 heavy (non-hydrogen) atoms. The summed E-state index contributed by atoms with van der Waals surface area (Å²) in [6.07, 6.45) is 0. The molecule has 2 nitrogen and oxygen atoms in total. The molecule has 1 aromatic carbocycles. The van der Waals surface area contributed by atoms with Crippen LogP contribution in [0.25, 0.3) is 0 Å². The number of hydrogen-bond acceptors (Lipinski definition) is 3. The van der Waals surface area contributed by atoms with Crippen molar-refractivity contribution in [1.29, 1.82) is 5.26 Å². The Hall–Kier alpha value is -1.05. The van der Waals surface area contributed by atoms with Gasteiger partial charge in [-0.15, -0.1) is 11.3 Å². The largest absolute Gasteiger partial charge is 0.293 e. The Morgan fingerprint density at radius 2 is 2.11 bits per heavy atom. The summed E-state index contributed by atoms with van der Waals surface area (Å²) in [5.74, 6) is 0. The van der Waals surface area contributed by atoms with Crippen molar-refractivity contribution in [3.63, 3.8) is 0 Å². The molecule has 1 atom stereocenters. The first-order valence-electron chi connectivity index (χ1n) is 5.31. The molecule has 0 aliphatic heterocycles. The zero-order valence-electron chi connectivity index (χ0n) is 9.36. The number of nitrogens with one attached hydrogen (secondary N) is 1. The third-order valence-corrected chi connectivity index (χ3v) is 4.19. The topological polar surface area (TPSA) is 35.8 Å². The molecule has 0 saturated heterocycles. The number of halogens is 2. The number of hydrogen-bond donors (Lipinski definition) is 1. The van der Waals surface area contributed by atoms with Crippen LogP contribution in [0.2, 0.25) is 10.0 Å². The van der Waals surface area contributed by atoms with Gasteiger partial charge >= 0.3 is 0 Å². The molecule has 0 radical (unpaired) electrons. The van der Waals surface area contributed by atoms with Gasteiger partial charge in [-0.1, -0.05) is 41.4 Å². The lowest BCUT2D eigenvalue weighted by molar-refractivity contribution is 0.636. The number of thiophene rings is 1. The van der Waals surface area contributed by atoms with E-state index in [9.17, 15) is 5.26 Å². The van der Waals surface area contributed by atoms with Crippen LogP contribution in [0.5, 0.6) is 0 Å². The van der Waals surface area contributed by atoms with Crippen molar-refractivity contribution < 1.29 is 0 Å². The third-order valence-electron chi connectivity index (χ3n) is 2.48. The van der Waals surface area contributed by atoms with Crippen LogP contribution in [0.1, 0.15) is 16.5 Å². The third kappa shape index (κ3) is 3.04. The van der Waals surface area contributed by atoms with E-state index in [1.54, 1.807) is 23.5 Å². The Morgan fingerprint density at radius 1 is 1.28 bits per heavy atom. The Labute approximate surface area is 120 Å². The lowest BCUT2D eigenvalue weighted by Gasteiger charge is -2.13. The molecule has 0 saturated carbocycles. The number of nitriles is 1. The van der Waals surface area contributed by atoms with E-state index in [2.05, 4.69) is 11.4 Å². The fourth-order valence-corrected chi connectivity index (χ4v) is 2.66. The Kier molecular flexibility index (Phi) is 4.62. The van der Waals surface area contributed by atoms with Crippen molar-refractivity contribution >= 4 is 34.5 Å². The summed E-state index contributed by atoms with van der Waals surface area (Å²) in [5.41, 5.74) is 0.711. The molecule has 0 spiro atoms. The highest BCUT2D eigenvalue weighted by Crippen LogP contribution is 2.29. The van der Waals surface area contributed by atoms with Crippen molar-refractivity contribution in [2.45, 2.75) is 12.6 Å². The summed E-state index contributed by atoms with van der Waals surface area (Å²) < 4.78 is 0. The molecule has 1 N–H and O–H groups in total. The lowest BCUT2D eigenvalue weighted by atomic mass is 10.1. The van der Waals surface area contributed by atoms with E-state index in [0.29, 0.717) is 22.2 Å². The van der Waals surface area contributed by atoms with Crippen LogP contribution in [0.4, 0.5) is 0 Å². The minimum Gasteiger partial charge on any atom is -0.293 e. The minimum atomic E-state index is -0.460. The van der Waals surface area contributed by atoms with Gasteiger partial charge in [0.15, 0.2) is 0 Å². The van der Waals surface area contributed by atoms with Gasteiger partial charge < -0.3 is 0 Å². The van der Waals surface area contributed by atoms with Gasteiger partial charge in [0.25, 0.3) is 0 Å². The van der Waals surface area contributed by atoms with Gasteiger partial charge in [0.05, 0.1) is 16.1 Å². The van der Waals surface area contributed by atoms with Crippen molar-refractivity contribution in [1.82, 2.24) is 5.32 Å². The zero-order chi connectivity index (χ0) is 13.0. The smallest absolute Gasteiger partial charge is 0.123 e. The Bertz CT molecular complexity index is 561. The predicted molar refractivity (Wildman–Crippen MR) is 76.0 cm³/mol. The quantitative estimate of drug-likeness (QED) is 0.907. The number of rotatable bonds is 4. The maximum atomic E-state index is 9.21. The molecule has 2 rings (SSSR count). The van der Waals surface area contributed by atoms with Crippen LogP contribution < -0.4 is 5.32 Å². The standard InChI is InChI=1S/C13H10Cl2N2S/c14-11-5-1-4-10(13(11)15)12(7-16)17-8-9-3-2-6-18-9/h1-6,12,17H,8H2. The summed E-state index contributed by atoms with van der Waals surface area (Å²) in [7, 11) is 0. The van der Waals surface area contributed by atoms with E-state index in [4.69, 9.17) is 23.2 Å². The molecule has 0 fully saturated rings. The van der Waals surface area contributed by atoms with Crippen molar-refractivity contribution in [2.24, 2.45) is 0 Å². The maximum Gasteiger partial charge on any atom is 0.123 e. The van der Waals surface area contributed by atoms with Crippen molar-refractivity contribution in [2.75, 3.05) is 0 Å². The minimum absolute atomic E-state index is 0.435. The SMILES string of the molecule is N#CC(NCc1cccs1)c1cccc(Cl)c1Cl. The van der Waals surface area contributed by atoms with Gasteiger partial charge in [0, 0.05) is 17.0 Å². The first-order chi connectivity index (χ1) is 8.72. The lowest BCUT2D eigenvalue weighted by Crippen LogP contribution is -2.19. The molecule has 5 heteroatoms. The maximum absolute atomic E-state index is 9.21. The van der Waals surface area contributed by atoms with Crippen molar-refractivity contribution in [3.05, 3.63) is 56.2 Å². The molecule has 0 aliphatic rings. The second-order valence-corrected chi connectivity index (χ2v) is 5.48. The van der Waals surface area contributed by atoms with Gasteiger partial charge in [0.1, 0.15) is 6.04 Å². The fraction of sp³-hybridized carbons (Fsp3) is 0.154. The highest BCUT2D eigenvalue weighted by atomic mass is 35.5. The van der Waals surface area contributed by atoms with Gasteiger partial charge in [-0.2, -0.15) is 5.26 Å². The van der Waals surface area contributed by atoms with Crippen LogP contribution in [-0.4, -0.2) is 0 Å². The van der Waals surface area contributed by atoms with Gasteiger partial charge in [-0.05, 0) is 17.5 Å². The molecule has 0 aliphatic carbocycles. The Morgan fingerprint density at radius 3 is 2.78 bits per heavy atom. The molecule has 2 aromatic rings. The highest BCUT2D eigenvalue weighted by molar-refractivity contribution is 7.09. The fourth-order valence-electron chi connectivity index (χ4n) is 1.58. The number of benzene rings is 1. The second kappa shape index (κ2) is 6.21. The molecular formula is C13H10Cl2N2S. The monoisotopic (exact) mass is 296 g/mol. The Balaban J connectivity index is 2.14. The average molecular weight is 297 g/mol. The molecule has 1 heterocycles. The number of nitrogens with zero attached hydrogens (tertiary/aromatic N) is 1. The molecule has 0 bridgehead atoms. The van der Waals surface area contributed by atoms with E-state index in [1.165, 1.54) is 4.88 Å². The van der Waals surface area contributed by atoms with E-state index >= 15 is 0 Å². The average Bonchev–Trinajstić information content (AvgIpc) is 2.88. The zero-order valence-corrected chi connectivity index (χ0v) is 11.7. The van der Waals surface area contributed by atoms with Crippen LogP contribution in [0.3, 0.4) is 0 Å². The van der Waals surface area contributed by atoms with E-state index in [-0.39, 0.29) is 0 Å². The van der Waals surface area contributed by atoms with E-state index < -0.39 is 6.04 Å². The van der Waals surface area contributed by atoms with Gasteiger partial charge in [-0.25, -0.2) is 0 Å². The molecule has 1 aromatic heterocycles. The second-order valence-electron chi connectivity index (χ2n) is 3.67. The van der Waals surface area contributed by atoms with Crippen LogP contribution >= 0.6 is 34.5 Å². The predicted octanol–water partition coefficient (Wildman–Crippen LogP) is 4.41. The van der Waals surface area contributed by atoms with E-state index in [1.807, 2.05) is 23.6 Å². The summed E-state index contributed by atoms with van der Waals surface area (Å²) in [6.45, 7) is 0.638. The molecule has 92 valence electrons. The first-order valence-corrected chi connectivity index (χ1v) is 6.95. The summed E-state index contributed by atoms with van der Waals surface area (Å²) >= 11 is 13.7. The van der Waals surface area contributed by atoms with Gasteiger partial charge in [-0.3, -0.25) is 5.32 Å². The molecule has 1 unspecified atom stereocenters. The normalized spacial score (nSPS) is 12.1. The molecule has 0 amide bonds. The van der Waals surface area contributed by atoms with E-state index in [0.717, 1.165) is 0 Å². The summed E-state index contributed by atoms with van der Waals surface area (Å²) in [4.78, 5) is 1.17. The van der Waals surface area contributed by atoms with Crippen LogP contribution in [-0.2, 0) is 6.54 Å². The highest BCUT2D eigenvalue weighted by Gasteiger charge is 2.15. The summed E-state index contributed by atoms with van der Waals surface area (Å²) in [5, 5.41) is 15.3. The molecular weight excluding hydrogens is 287 g/mol. The van der Waals surface area contributed by atoms with Gasteiger partial charge in [0.2, 0.25) is 0 Å². The van der Waals surface area contributed by atoms with Crippen LogP contribution in [0, 0.1) is 11.3 Å². The van der Waals surface area contributed by atoms with Crippen LogP contribution in [0.15, 0.2) is 35.7 Å². The summed E-state index contributed by atoms with van der Waals surface area (Å²) in [6, 6.07) is 11.1. The van der Waals surface area contributed by atoms with Crippen molar-refractivity contribution in [3.8, 4) is 6.07 Å².